The number of rotatable bonds is 4. The largest absolute Gasteiger partial charge is 0.323 e. The highest BCUT2D eigenvalue weighted by Gasteiger charge is 2.32. The van der Waals surface area contributed by atoms with Crippen LogP contribution < -0.4 is 10.0 Å². The summed E-state index contributed by atoms with van der Waals surface area (Å²) in [5.41, 5.74) is 1.11. The molecule has 1 fully saturated rings. The smallest absolute Gasteiger partial charge is 0.321 e. The molecule has 1 saturated heterocycles. The van der Waals surface area contributed by atoms with Gasteiger partial charge in [-0.25, -0.2) is 13.2 Å². The number of piperidine rings is 1. The van der Waals surface area contributed by atoms with Crippen LogP contribution in [0.4, 0.5) is 16.2 Å². The van der Waals surface area contributed by atoms with E-state index in [1.807, 2.05) is 6.07 Å². The first-order valence-electron chi connectivity index (χ1n) is 8.05. The van der Waals surface area contributed by atoms with Crippen molar-refractivity contribution in [1.29, 1.82) is 0 Å². The molecule has 0 unspecified atom stereocenters. The second kappa shape index (κ2) is 7.14. The van der Waals surface area contributed by atoms with Crippen LogP contribution in [0.3, 0.4) is 0 Å². The molecule has 0 aliphatic carbocycles. The van der Waals surface area contributed by atoms with Gasteiger partial charge in [-0.2, -0.15) is 5.10 Å². The van der Waals surface area contributed by atoms with Gasteiger partial charge in [0.25, 0.3) is 0 Å². The third-order valence-corrected chi connectivity index (χ3v) is 5.88. The van der Waals surface area contributed by atoms with Crippen molar-refractivity contribution >= 4 is 27.4 Å². The highest BCUT2D eigenvalue weighted by Crippen LogP contribution is 2.20. The summed E-state index contributed by atoms with van der Waals surface area (Å²) in [4.78, 5) is 13.9. The fourth-order valence-electron chi connectivity index (χ4n) is 2.82. The van der Waals surface area contributed by atoms with Crippen LogP contribution in [0.25, 0.3) is 0 Å². The van der Waals surface area contributed by atoms with E-state index in [4.69, 9.17) is 0 Å². The number of sulfonamides is 1. The van der Waals surface area contributed by atoms with Gasteiger partial charge in [0.15, 0.2) is 0 Å². The van der Waals surface area contributed by atoms with Crippen LogP contribution in [0.2, 0.25) is 0 Å². The molecule has 2 aromatic rings. The van der Waals surface area contributed by atoms with Gasteiger partial charge >= 0.3 is 6.03 Å². The Morgan fingerprint density at radius 1 is 1.24 bits per heavy atom. The number of benzene rings is 1. The number of nitrogens with one attached hydrogen (secondary N) is 2. The van der Waals surface area contributed by atoms with E-state index in [0.717, 1.165) is 0 Å². The Bertz CT molecular complexity index is 834. The zero-order valence-corrected chi connectivity index (χ0v) is 14.7. The maximum absolute atomic E-state index is 12.6. The number of hydrogen-bond donors (Lipinski definition) is 2. The molecule has 1 aliphatic rings. The summed E-state index contributed by atoms with van der Waals surface area (Å²) in [6.07, 6.45) is 4.40. The number of hydrogen-bond acceptors (Lipinski definition) is 4. The van der Waals surface area contributed by atoms with Crippen molar-refractivity contribution in [3.8, 4) is 0 Å². The molecule has 2 heterocycles. The molecular formula is C16H21N5O3S. The summed E-state index contributed by atoms with van der Waals surface area (Å²) in [5, 5.41) is 6.10. The average Bonchev–Trinajstić information content (AvgIpc) is 3.00. The highest BCUT2D eigenvalue weighted by molar-refractivity contribution is 7.93. The molecule has 3 rings (SSSR count). The number of aromatic nitrogens is 2. The molecule has 0 radical (unpaired) electrons. The van der Waals surface area contributed by atoms with Gasteiger partial charge in [0.05, 0.1) is 17.1 Å². The number of para-hydroxylation sites is 1. The van der Waals surface area contributed by atoms with E-state index >= 15 is 0 Å². The SMILES string of the molecule is Cn1cc(NC(=O)N2CCC[C@H](S(=O)(=O)Nc3ccccc3)C2)cn1. The van der Waals surface area contributed by atoms with Crippen LogP contribution in [-0.2, 0) is 17.1 Å². The molecule has 0 saturated carbocycles. The molecular weight excluding hydrogens is 342 g/mol. The zero-order valence-electron chi connectivity index (χ0n) is 13.9. The van der Waals surface area contributed by atoms with E-state index in [2.05, 4.69) is 15.1 Å². The molecule has 9 heteroatoms. The number of aryl methyl sites for hydroxylation is 1. The van der Waals surface area contributed by atoms with Crippen molar-refractivity contribution in [2.45, 2.75) is 18.1 Å². The molecule has 1 aromatic carbocycles. The van der Waals surface area contributed by atoms with Gasteiger partial charge in [-0.1, -0.05) is 18.2 Å². The highest BCUT2D eigenvalue weighted by atomic mass is 32.2. The summed E-state index contributed by atoms with van der Waals surface area (Å²) >= 11 is 0. The molecule has 0 spiro atoms. The molecule has 0 bridgehead atoms. The molecule has 1 atom stereocenters. The second-order valence-electron chi connectivity index (χ2n) is 6.06. The minimum atomic E-state index is -3.56. The van der Waals surface area contributed by atoms with Crippen molar-refractivity contribution in [2.24, 2.45) is 7.05 Å². The van der Waals surface area contributed by atoms with Gasteiger partial charge in [-0.3, -0.25) is 9.40 Å². The van der Waals surface area contributed by atoms with Gasteiger partial charge in [0.2, 0.25) is 10.0 Å². The van der Waals surface area contributed by atoms with Crippen molar-refractivity contribution in [3.05, 3.63) is 42.7 Å². The summed E-state index contributed by atoms with van der Waals surface area (Å²) < 4.78 is 29.4. The van der Waals surface area contributed by atoms with Crippen molar-refractivity contribution in [1.82, 2.24) is 14.7 Å². The van der Waals surface area contributed by atoms with Crippen LogP contribution >= 0.6 is 0 Å². The quantitative estimate of drug-likeness (QED) is 0.866. The van der Waals surface area contributed by atoms with Gasteiger partial charge < -0.3 is 10.2 Å². The van der Waals surface area contributed by atoms with Crippen LogP contribution in [0, 0.1) is 0 Å². The number of likely N-dealkylation sites (tertiary alicyclic amines) is 1. The molecule has 8 nitrogen and oxygen atoms in total. The summed E-state index contributed by atoms with van der Waals surface area (Å²) in [5.74, 6) is 0. The maximum Gasteiger partial charge on any atom is 0.321 e. The normalized spacial score (nSPS) is 18.0. The lowest BCUT2D eigenvalue weighted by molar-refractivity contribution is 0.200. The average molecular weight is 363 g/mol. The second-order valence-corrected chi connectivity index (χ2v) is 8.02. The lowest BCUT2D eigenvalue weighted by Gasteiger charge is -2.32. The Morgan fingerprint density at radius 2 is 2.00 bits per heavy atom. The number of anilines is 2. The maximum atomic E-state index is 12.6. The van der Waals surface area contributed by atoms with E-state index in [1.165, 1.54) is 4.90 Å². The van der Waals surface area contributed by atoms with Gasteiger partial charge in [0, 0.05) is 32.0 Å². The number of nitrogens with zero attached hydrogens (tertiary/aromatic N) is 3. The van der Waals surface area contributed by atoms with Crippen molar-refractivity contribution in [2.75, 3.05) is 23.1 Å². The summed E-state index contributed by atoms with van der Waals surface area (Å²) in [6.45, 7) is 0.692. The monoisotopic (exact) mass is 363 g/mol. The van der Waals surface area contributed by atoms with Gasteiger partial charge in [-0.15, -0.1) is 0 Å². The van der Waals surface area contributed by atoms with E-state index in [0.29, 0.717) is 30.8 Å². The fourth-order valence-corrected chi connectivity index (χ4v) is 4.30. The first kappa shape index (κ1) is 17.3. The number of carbonyl (C=O) groups excluding carboxylic acids is 1. The van der Waals surface area contributed by atoms with Gasteiger partial charge in [0.1, 0.15) is 0 Å². The zero-order chi connectivity index (χ0) is 17.9. The Labute approximate surface area is 146 Å². The lowest BCUT2D eigenvalue weighted by atomic mass is 10.1. The van der Waals surface area contributed by atoms with E-state index in [9.17, 15) is 13.2 Å². The van der Waals surface area contributed by atoms with Gasteiger partial charge in [-0.05, 0) is 25.0 Å². The molecule has 134 valence electrons. The number of urea groups is 1. The van der Waals surface area contributed by atoms with Crippen LogP contribution in [0.1, 0.15) is 12.8 Å². The topological polar surface area (TPSA) is 96.3 Å². The molecule has 1 aliphatic heterocycles. The standard InChI is InChI=1S/C16H21N5O3S/c1-20-11-14(10-17-20)18-16(22)21-9-5-8-15(12-21)25(23,24)19-13-6-3-2-4-7-13/h2-4,6-7,10-11,15,19H,5,8-9,12H2,1H3,(H,18,22)/t15-/m0/s1. The Hall–Kier alpha value is -2.55. The molecule has 1 aromatic heterocycles. The molecule has 25 heavy (non-hydrogen) atoms. The molecule has 2 amide bonds. The fraction of sp³-hybridized carbons (Fsp3) is 0.375. The third kappa shape index (κ3) is 4.30. The van der Waals surface area contributed by atoms with Crippen molar-refractivity contribution in [3.63, 3.8) is 0 Å². The van der Waals surface area contributed by atoms with E-state index in [-0.39, 0.29) is 12.6 Å². The minimum Gasteiger partial charge on any atom is -0.323 e. The molecule has 2 N–H and O–H groups in total. The predicted octanol–water partition coefficient (Wildman–Crippen LogP) is 1.86. The van der Waals surface area contributed by atoms with Crippen LogP contribution in [0.15, 0.2) is 42.7 Å². The Balaban J connectivity index is 1.64. The lowest BCUT2D eigenvalue weighted by Crippen LogP contribution is -2.48. The van der Waals surface area contributed by atoms with E-state index in [1.54, 1.807) is 48.4 Å². The first-order chi connectivity index (χ1) is 11.9. The van der Waals surface area contributed by atoms with E-state index < -0.39 is 15.3 Å². The summed E-state index contributed by atoms with van der Waals surface area (Å²) in [6, 6.07) is 8.45. The minimum absolute atomic E-state index is 0.161. The van der Waals surface area contributed by atoms with Crippen molar-refractivity contribution < 1.29 is 13.2 Å². The van der Waals surface area contributed by atoms with Crippen LogP contribution in [0.5, 0.6) is 0 Å². The Morgan fingerprint density at radius 3 is 2.68 bits per heavy atom. The van der Waals surface area contributed by atoms with Crippen LogP contribution in [-0.4, -0.2) is 47.5 Å². The number of carbonyl (C=O) groups is 1. The summed E-state index contributed by atoms with van der Waals surface area (Å²) in [7, 11) is -1.80. The Kier molecular flexibility index (Phi) is 4.93. The third-order valence-electron chi connectivity index (χ3n) is 4.09. The number of amides is 2. The predicted molar refractivity (Wildman–Crippen MR) is 95.8 cm³/mol. The first-order valence-corrected chi connectivity index (χ1v) is 9.60.